The Bertz CT molecular complexity index is 158. The van der Waals surface area contributed by atoms with Crippen LogP contribution in [-0.4, -0.2) is 39.4 Å². The van der Waals surface area contributed by atoms with Crippen LogP contribution in [0.2, 0.25) is 0 Å². The third-order valence-corrected chi connectivity index (χ3v) is 3.41. The van der Waals surface area contributed by atoms with Crippen LogP contribution in [0, 0.1) is 5.92 Å². The van der Waals surface area contributed by atoms with E-state index in [0.29, 0.717) is 6.04 Å². The first-order valence-electron chi connectivity index (χ1n) is 6.76. The summed E-state index contributed by atoms with van der Waals surface area (Å²) in [5, 5.41) is 7.01. The lowest BCUT2D eigenvalue weighted by Crippen LogP contribution is -2.39. The van der Waals surface area contributed by atoms with E-state index >= 15 is 0 Å². The molecule has 0 aromatic heterocycles. The lowest BCUT2D eigenvalue weighted by molar-refractivity contribution is 0.198. The summed E-state index contributed by atoms with van der Waals surface area (Å²) in [4.78, 5) is 0. The highest BCUT2D eigenvalue weighted by atomic mass is 16.5. The minimum absolute atomic E-state index is 0.568. The Balaban J connectivity index is 1.94. The fourth-order valence-corrected chi connectivity index (χ4v) is 2.32. The molecule has 96 valence electrons. The number of nitrogens with one attached hydrogen (secondary N) is 2. The van der Waals surface area contributed by atoms with E-state index in [1.165, 1.54) is 38.6 Å². The number of rotatable bonds is 8. The largest absolute Gasteiger partial charge is 0.383 e. The smallest absolute Gasteiger partial charge is 0.0587 e. The SMILES string of the molecule is COCCNCC(C)NCC1CCCCC1. The molecule has 0 radical (unpaired) electrons. The van der Waals surface area contributed by atoms with Crippen LogP contribution in [0.1, 0.15) is 39.0 Å². The van der Waals surface area contributed by atoms with Crippen LogP contribution in [0.5, 0.6) is 0 Å². The average molecular weight is 228 g/mol. The van der Waals surface area contributed by atoms with Crippen molar-refractivity contribution in [2.45, 2.75) is 45.1 Å². The third-order valence-electron chi connectivity index (χ3n) is 3.41. The first kappa shape index (κ1) is 13.9. The van der Waals surface area contributed by atoms with Crippen molar-refractivity contribution in [2.75, 3.05) is 33.4 Å². The first-order valence-corrected chi connectivity index (χ1v) is 6.76. The minimum atomic E-state index is 0.568. The van der Waals surface area contributed by atoms with Crippen LogP contribution in [0.15, 0.2) is 0 Å². The van der Waals surface area contributed by atoms with Gasteiger partial charge >= 0.3 is 0 Å². The summed E-state index contributed by atoms with van der Waals surface area (Å²) in [7, 11) is 1.74. The molecule has 1 fully saturated rings. The molecular weight excluding hydrogens is 200 g/mol. The topological polar surface area (TPSA) is 33.3 Å². The van der Waals surface area contributed by atoms with Crippen molar-refractivity contribution in [1.29, 1.82) is 0 Å². The van der Waals surface area contributed by atoms with Gasteiger partial charge in [-0.05, 0) is 32.2 Å². The molecule has 0 aromatic rings. The first-order chi connectivity index (χ1) is 7.83. The van der Waals surface area contributed by atoms with E-state index in [1.54, 1.807) is 7.11 Å². The van der Waals surface area contributed by atoms with Gasteiger partial charge in [0.15, 0.2) is 0 Å². The van der Waals surface area contributed by atoms with Crippen LogP contribution in [0.25, 0.3) is 0 Å². The van der Waals surface area contributed by atoms with Gasteiger partial charge in [0.05, 0.1) is 6.61 Å². The summed E-state index contributed by atoms with van der Waals surface area (Å²) in [6, 6.07) is 0.568. The molecule has 0 bridgehead atoms. The third kappa shape index (κ3) is 6.46. The molecule has 3 nitrogen and oxygen atoms in total. The summed E-state index contributed by atoms with van der Waals surface area (Å²) in [6.07, 6.45) is 7.18. The lowest BCUT2D eigenvalue weighted by Gasteiger charge is -2.24. The van der Waals surface area contributed by atoms with E-state index in [2.05, 4.69) is 17.6 Å². The summed E-state index contributed by atoms with van der Waals surface area (Å²) in [5.74, 6) is 0.926. The Kier molecular flexibility index (Phi) is 7.81. The van der Waals surface area contributed by atoms with Crippen molar-refractivity contribution in [2.24, 2.45) is 5.92 Å². The summed E-state index contributed by atoms with van der Waals surface area (Å²) < 4.78 is 5.00. The monoisotopic (exact) mass is 228 g/mol. The number of hydrogen-bond donors (Lipinski definition) is 2. The molecule has 0 aliphatic heterocycles. The second kappa shape index (κ2) is 8.97. The molecule has 1 unspecified atom stereocenters. The number of methoxy groups -OCH3 is 1. The van der Waals surface area contributed by atoms with Crippen LogP contribution in [0.4, 0.5) is 0 Å². The molecule has 0 aromatic carbocycles. The molecule has 3 heteroatoms. The highest BCUT2D eigenvalue weighted by molar-refractivity contribution is 4.71. The van der Waals surface area contributed by atoms with Crippen LogP contribution in [-0.2, 0) is 4.74 Å². The van der Waals surface area contributed by atoms with Gasteiger partial charge in [0.1, 0.15) is 0 Å². The maximum absolute atomic E-state index is 5.00. The Labute approximate surface area is 100 Å². The van der Waals surface area contributed by atoms with Gasteiger partial charge < -0.3 is 15.4 Å². The molecule has 2 N–H and O–H groups in total. The van der Waals surface area contributed by atoms with Crippen molar-refractivity contribution in [3.05, 3.63) is 0 Å². The normalized spacial score (nSPS) is 19.9. The quantitative estimate of drug-likeness (QED) is 0.621. The second-order valence-corrected chi connectivity index (χ2v) is 5.01. The lowest BCUT2D eigenvalue weighted by atomic mass is 9.89. The fourth-order valence-electron chi connectivity index (χ4n) is 2.32. The van der Waals surface area contributed by atoms with Gasteiger partial charge in [-0.3, -0.25) is 0 Å². The van der Waals surface area contributed by atoms with Crippen LogP contribution >= 0.6 is 0 Å². The predicted molar refractivity (Wildman–Crippen MR) is 68.8 cm³/mol. The summed E-state index contributed by atoms with van der Waals surface area (Å²) >= 11 is 0. The maximum atomic E-state index is 5.00. The van der Waals surface area contributed by atoms with Crippen molar-refractivity contribution in [3.63, 3.8) is 0 Å². The Morgan fingerprint density at radius 1 is 1.25 bits per heavy atom. The van der Waals surface area contributed by atoms with Crippen LogP contribution < -0.4 is 10.6 Å². The van der Waals surface area contributed by atoms with Gasteiger partial charge in [0, 0.05) is 26.2 Å². The molecule has 0 heterocycles. The second-order valence-electron chi connectivity index (χ2n) is 5.01. The molecular formula is C13H28N2O. The van der Waals surface area contributed by atoms with E-state index in [4.69, 9.17) is 4.74 Å². The van der Waals surface area contributed by atoms with Gasteiger partial charge in [-0.25, -0.2) is 0 Å². The van der Waals surface area contributed by atoms with Gasteiger partial charge in [-0.1, -0.05) is 19.3 Å². The Morgan fingerprint density at radius 2 is 2.00 bits per heavy atom. The average Bonchev–Trinajstić information content (AvgIpc) is 2.33. The van der Waals surface area contributed by atoms with E-state index in [1.807, 2.05) is 0 Å². The highest BCUT2D eigenvalue weighted by Gasteiger charge is 2.13. The van der Waals surface area contributed by atoms with E-state index in [-0.39, 0.29) is 0 Å². The van der Waals surface area contributed by atoms with E-state index in [9.17, 15) is 0 Å². The van der Waals surface area contributed by atoms with Crippen molar-refractivity contribution in [3.8, 4) is 0 Å². The molecule has 1 saturated carbocycles. The highest BCUT2D eigenvalue weighted by Crippen LogP contribution is 2.22. The van der Waals surface area contributed by atoms with Crippen molar-refractivity contribution in [1.82, 2.24) is 10.6 Å². The van der Waals surface area contributed by atoms with E-state index in [0.717, 1.165) is 25.6 Å². The molecule has 0 saturated heterocycles. The molecule has 1 rings (SSSR count). The maximum Gasteiger partial charge on any atom is 0.0587 e. The van der Waals surface area contributed by atoms with Crippen LogP contribution in [0.3, 0.4) is 0 Å². The van der Waals surface area contributed by atoms with Gasteiger partial charge in [0.2, 0.25) is 0 Å². The van der Waals surface area contributed by atoms with Crippen molar-refractivity contribution < 1.29 is 4.74 Å². The zero-order valence-corrected chi connectivity index (χ0v) is 10.9. The predicted octanol–water partition coefficient (Wildman–Crippen LogP) is 1.78. The number of hydrogen-bond acceptors (Lipinski definition) is 3. The summed E-state index contributed by atoms with van der Waals surface area (Å²) in [6.45, 7) is 6.24. The fraction of sp³-hybridized carbons (Fsp3) is 1.00. The molecule has 16 heavy (non-hydrogen) atoms. The molecule has 0 amide bonds. The molecule has 1 aliphatic rings. The Morgan fingerprint density at radius 3 is 2.69 bits per heavy atom. The van der Waals surface area contributed by atoms with Gasteiger partial charge in [-0.2, -0.15) is 0 Å². The standard InChI is InChI=1S/C13H28N2O/c1-12(10-14-8-9-16-2)15-11-13-6-4-3-5-7-13/h12-15H,3-11H2,1-2H3. The molecule has 0 spiro atoms. The van der Waals surface area contributed by atoms with E-state index < -0.39 is 0 Å². The molecule has 1 atom stereocenters. The zero-order valence-electron chi connectivity index (χ0n) is 10.9. The zero-order chi connectivity index (χ0) is 11.6. The minimum Gasteiger partial charge on any atom is -0.383 e. The summed E-state index contributed by atoms with van der Waals surface area (Å²) in [5.41, 5.74) is 0. The molecule has 1 aliphatic carbocycles. The van der Waals surface area contributed by atoms with Gasteiger partial charge in [-0.15, -0.1) is 0 Å². The van der Waals surface area contributed by atoms with Gasteiger partial charge in [0.25, 0.3) is 0 Å². The number of ether oxygens (including phenoxy) is 1. The Hall–Kier alpha value is -0.120. The van der Waals surface area contributed by atoms with Crippen molar-refractivity contribution >= 4 is 0 Å².